The van der Waals surface area contributed by atoms with Crippen LogP contribution < -0.4 is 4.90 Å². The molecule has 1 aliphatic rings. The van der Waals surface area contributed by atoms with E-state index in [4.69, 9.17) is 11.6 Å². The van der Waals surface area contributed by atoms with Gasteiger partial charge in [-0.2, -0.15) is 0 Å². The van der Waals surface area contributed by atoms with Crippen molar-refractivity contribution in [2.75, 3.05) is 18.0 Å². The molecule has 5 heteroatoms. The van der Waals surface area contributed by atoms with E-state index < -0.39 is 0 Å². The van der Waals surface area contributed by atoms with Crippen molar-refractivity contribution < 1.29 is 0 Å². The zero-order valence-electron chi connectivity index (χ0n) is 9.24. The molecule has 0 amide bonds. The molecule has 16 heavy (non-hydrogen) atoms. The van der Waals surface area contributed by atoms with Crippen LogP contribution in [0.1, 0.15) is 19.8 Å². The Hall–Kier alpha value is -0.100. The number of aromatic nitrogens is 2. The van der Waals surface area contributed by atoms with E-state index in [1.54, 1.807) is 6.33 Å². The first-order chi connectivity index (χ1) is 7.68. The van der Waals surface area contributed by atoms with E-state index in [9.17, 15) is 0 Å². The number of anilines is 1. The van der Waals surface area contributed by atoms with Crippen molar-refractivity contribution in [1.29, 1.82) is 0 Å². The second-order valence-electron chi connectivity index (χ2n) is 4.20. The minimum Gasteiger partial charge on any atom is -0.356 e. The molecule has 2 heterocycles. The van der Waals surface area contributed by atoms with Gasteiger partial charge < -0.3 is 4.90 Å². The molecule has 0 saturated carbocycles. The zero-order valence-corrected chi connectivity index (χ0v) is 12.1. The zero-order chi connectivity index (χ0) is 11.5. The highest BCUT2D eigenvalue weighted by atomic mass is 127. The van der Waals surface area contributed by atoms with E-state index in [2.05, 4.69) is 44.4 Å². The Morgan fingerprint density at radius 1 is 1.50 bits per heavy atom. The lowest BCUT2D eigenvalue weighted by atomic mass is 9.94. The number of hydrogen-bond donors (Lipinski definition) is 0. The Bertz CT molecular complexity index is 351. The van der Waals surface area contributed by atoms with Crippen LogP contribution >= 0.6 is 34.2 Å². The predicted molar refractivity (Wildman–Crippen MR) is 75.0 cm³/mol. The van der Waals surface area contributed by atoms with E-state index in [0.29, 0.717) is 5.92 Å². The van der Waals surface area contributed by atoms with Crippen molar-refractivity contribution in [3.8, 4) is 0 Å². The molecule has 1 saturated heterocycles. The summed E-state index contributed by atoms with van der Waals surface area (Å²) in [5.41, 5.74) is 0. The van der Waals surface area contributed by atoms with Crippen LogP contribution in [0, 0.1) is 9.49 Å². The maximum absolute atomic E-state index is 6.14. The first kappa shape index (κ1) is 12.4. The van der Waals surface area contributed by atoms with Gasteiger partial charge in [0.05, 0.1) is 3.57 Å². The van der Waals surface area contributed by atoms with Crippen LogP contribution in [0.25, 0.3) is 0 Å². The van der Waals surface area contributed by atoms with Crippen molar-refractivity contribution in [2.45, 2.75) is 25.1 Å². The standard InChI is InChI=1S/C11H15ClIN3/c1-8(12)9-2-4-16(5-3-9)11-10(13)6-14-7-15-11/h6-9H,2-5H2,1H3. The summed E-state index contributed by atoms with van der Waals surface area (Å²) >= 11 is 8.42. The lowest BCUT2D eigenvalue weighted by Crippen LogP contribution is -2.36. The number of nitrogens with zero attached hydrogens (tertiary/aromatic N) is 3. The number of rotatable bonds is 2. The molecule has 0 bridgehead atoms. The average molecular weight is 352 g/mol. The molecule has 0 N–H and O–H groups in total. The molecule has 0 spiro atoms. The van der Waals surface area contributed by atoms with Gasteiger partial charge in [0.15, 0.2) is 0 Å². The van der Waals surface area contributed by atoms with Gasteiger partial charge in [0.25, 0.3) is 0 Å². The van der Waals surface area contributed by atoms with Crippen molar-refractivity contribution in [3.63, 3.8) is 0 Å². The lowest BCUT2D eigenvalue weighted by molar-refractivity contribution is 0.398. The third-order valence-corrected chi connectivity index (χ3v) is 4.25. The Kier molecular flexibility index (Phi) is 4.24. The molecule has 88 valence electrons. The highest BCUT2D eigenvalue weighted by Gasteiger charge is 2.24. The van der Waals surface area contributed by atoms with Crippen LogP contribution in [-0.4, -0.2) is 28.4 Å². The molecule has 1 atom stereocenters. The summed E-state index contributed by atoms with van der Waals surface area (Å²) in [7, 11) is 0. The second kappa shape index (κ2) is 5.49. The van der Waals surface area contributed by atoms with E-state index >= 15 is 0 Å². The molecule has 1 aliphatic heterocycles. The van der Waals surface area contributed by atoms with Gasteiger partial charge in [0.1, 0.15) is 12.1 Å². The van der Waals surface area contributed by atoms with E-state index in [-0.39, 0.29) is 5.38 Å². The molecule has 1 aromatic rings. The lowest BCUT2D eigenvalue weighted by Gasteiger charge is -2.34. The van der Waals surface area contributed by atoms with Crippen LogP contribution in [0.4, 0.5) is 5.82 Å². The Morgan fingerprint density at radius 2 is 2.19 bits per heavy atom. The Morgan fingerprint density at radius 3 is 2.75 bits per heavy atom. The van der Waals surface area contributed by atoms with E-state index in [0.717, 1.165) is 35.3 Å². The fourth-order valence-electron chi connectivity index (χ4n) is 2.11. The number of piperidine rings is 1. The fraction of sp³-hybridized carbons (Fsp3) is 0.636. The number of hydrogen-bond acceptors (Lipinski definition) is 3. The van der Waals surface area contributed by atoms with Gasteiger partial charge >= 0.3 is 0 Å². The summed E-state index contributed by atoms with van der Waals surface area (Å²) in [5, 5.41) is 0.284. The normalized spacial score (nSPS) is 19.8. The maximum atomic E-state index is 6.14. The van der Waals surface area contributed by atoms with Gasteiger partial charge in [0, 0.05) is 24.7 Å². The fourth-order valence-corrected chi connectivity index (χ4v) is 3.00. The molecule has 1 fully saturated rings. The van der Waals surface area contributed by atoms with Gasteiger partial charge in [-0.05, 0) is 48.3 Å². The summed E-state index contributed by atoms with van der Waals surface area (Å²) in [5.74, 6) is 1.72. The molecular formula is C11H15ClIN3. The maximum Gasteiger partial charge on any atom is 0.145 e. The van der Waals surface area contributed by atoms with Crippen molar-refractivity contribution in [2.24, 2.45) is 5.92 Å². The topological polar surface area (TPSA) is 29.0 Å². The summed E-state index contributed by atoms with van der Waals surface area (Å²) in [6.45, 7) is 4.19. The first-order valence-electron chi connectivity index (χ1n) is 5.53. The summed E-state index contributed by atoms with van der Waals surface area (Å²) in [4.78, 5) is 10.7. The minimum atomic E-state index is 0.284. The smallest absolute Gasteiger partial charge is 0.145 e. The molecule has 3 nitrogen and oxygen atoms in total. The van der Waals surface area contributed by atoms with Crippen LogP contribution in [0.3, 0.4) is 0 Å². The Balaban J connectivity index is 2.02. The van der Waals surface area contributed by atoms with Crippen molar-refractivity contribution >= 4 is 40.0 Å². The second-order valence-corrected chi connectivity index (χ2v) is 6.05. The quantitative estimate of drug-likeness (QED) is 0.606. The average Bonchev–Trinajstić information content (AvgIpc) is 2.30. The molecule has 1 aromatic heterocycles. The van der Waals surface area contributed by atoms with Crippen LogP contribution in [0.15, 0.2) is 12.5 Å². The van der Waals surface area contributed by atoms with Gasteiger partial charge in [-0.25, -0.2) is 9.97 Å². The SMILES string of the molecule is CC(Cl)C1CCN(c2ncncc2I)CC1. The molecule has 0 aromatic carbocycles. The van der Waals surface area contributed by atoms with Gasteiger partial charge in [0.2, 0.25) is 0 Å². The van der Waals surface area contributed by atoms with Crippen LogP contribution in [0.5, 0.6) is 0 Å². The molecule has 0 aliphatic carbocycles. The third kappa shape index (κ3) is 2.77. The number of halogens is 2. The molecule has 2 rings (SSSR count). The monoisotopic (exact) mass is 351 g/mol. The predicted octanol–water partition coefficient (Wildman–Crippen LogP) is 2.92. The van der Waals surface area contributed by atoms with Crippen molar-refractivity contribution in [3.05, 3.63) is 16.1 Å². The molecular weight excluding hydrogens is 336 g/mol. The Labute approximate surface area is 115 Å². The van der Waals surface area contributed by atoms with Crippen LogP contribution in [-0.2, 0) is 0 Å². The van der Waals surface area contributed by atoms with Gasteiger partial charge in [-0.3, -0.25) is 0 Å². The number of alkyl halides is 1. The summed E-state index contributed by atoms with van der Waals surface area (Å²) in [6.07, 6.45) is 5.79. The van der Waals surface area contributed by atoms with Crippen molar-refractivity contribution in [1.82, 2.24) is 9.97 Å². The molecule has 0 radical (unpaired) electrons. The first-order valence-corrected chi connectivity index (χ1v) is 7.04. The van der Waals surface area contributed by atoms with Crippen LogP contribution in [0.2, 0.25) is 0 Å². The summed E-state index contributed by atoms with van der Waals surface area (Å²) in [6, 6.07) is 0. The largest absolute Gasteiger partial charge is 0.356 e. The highest BCUT2D eigenvalue weighted by molar-refractivity contribution is 14.1. The van der Waals surface area contributed by atoms with Gasteiger partial charge in [-0.15, -0.1) is 11.6 Å². The summed E-state index contributed by atoms with van der Waals surface area (Å²) < 4.78 is 1.12. The highest BCUT2D eigenvalue weighted by Crippen LogP contribution is 2.28. The van der Waals surface area contributed by atoms with Gasteiger partial charge in [-0.1, -0.05) is 0 Å². The third-order valence-electron chi connectivity index (χ3n) is 3.14. The minimum absolute atomic E-state index is 0.284. The molecule has 1 unspecified atom stereocenters. The van der Waals surface area contributed by atoms with E-state index in [1.807, 2.05) is 6.20 Å². The van der Waals surface area contributed by atoms with E-state index in [1.165, 1.54) is 0 Å².